The smallest absolute Gasteiger partial charge is 0.357 e. The molecule has 6 heteroatoms. The van der Waals surface area contributed by atoms with E-state index in [2.05, 4.69) is 5.10 Å². The summed E-state index contributed by atoms with van der Waals surface area (Å²) in [5.41, 5.74) is 0.851. The Bertz CT molecular complexity index is 582. The Morgan fingerprint density at radius 1 is 1.11 bits per heavy atom. The molecule has 0 aliphatic heterocycles. The lowest BCUT2D eigenvalue weighted by Crippen LogP contribution is -2.06. The van der Waals surface area contributed by atoms with E-state index in [1.165, 1.54) is 10.9 Å². The first-order valence-electron chi connectivity index (χ1n) is 5.12. The van der Waals surface area contributed by atoms with Crippen molar-refractivity contribution in [1.29, 1.82) is 0 Å². The van der Waals surface area contributed by atoms with Gasteiger partial charge < -0.3 is 10.2 Å². The molecule has 18 heavy (non-hydrogen) atoms. The Morgan fingerprint density at radius 2 is 1.72 bits per heavy atom. The lowest BCUT2D eigenvalue weighted by Gasteiger charge is -2.00. The van der Waals surface area contributed by atoms with Gasteiger partial charge in [-0.15, -0.1) is 0 Å². The molecule has 92 valence electrons. The monoisotopic (exact) mass is 246 g/mol. The SMILES string of the molecule is Cc1ccc(-n2cc(C(=O)O)c(C(=O)O)n2)cc1. The van der Waals surface area contributed by atoms with Crippen LogP contribution in [0.25, 0.3) is 5.69 Å². The van der Waals surface area contributed by atoms with Crippen LogP contribution < -0.4 is 0 Å². The second-order valence-corrected chi connectivity index (χ2v) is 3.78. The van der Waals surface area contributed by atoms with Crippen molar-refractivity contribution in [2.24, 2.45) is 0 Å². The molecule has 2 aromatic rings. The van der Waals surface area contributed by atoms with Crippen molar-refractivity contribution in [3.63, 3.8) is 0 Å². The van der Waals surface area contributed by atoms with Crippen LogP contribution >= 0.6 is 0 Å². The van der Waals surface area contributed by atoms with Crippen LogP contribution in [-0.2, 0) is 0 Å². The van der Waals surface area contributed by atoms with Crippen LogP contribution in [-0.4, -0.2) is 31.9 Å². The maximum Gasteiger partial charge on any atom is 0.357 e. The average molecular weight is 246 g/mol. The Labute approximate surface area is 102 Å². The fourth-order valence-electron chi connectivity index (χ4n) is 1.52. The van der Waals surface area contributed by atoms with Gasteiger partial charge in [-0.05, 0) is 19.1 Å². The lowest BCUT2D eigenvalue weighted by atomic mass is 10.2. The number of rotatable bonds is 3. The standard InChI is InChI=1S/C12H10N2O4/c1-7-2-4-8(5-3-7)14-6-9(11(15)16)10(13-14)12(17)18/h2-6H,1H3,(H,15,16)(H,17,18). The van der Waals surface area contributed by atoms with Gasteiger partial charge in [-0.2, -0.15) is 5.10 Å². The summed E-state index contributed by atoms with van der Waals surface area (Å²) in [6.07, 6.45) is 1.19. The Balaban J connectivity index is 2.53. The molecule has 1 aromatic carbocycles. The molecule has 2 N–H and O–H groups in total. The molecule has 0 atom stereocenters. The summed E-state index contributed by atoms with van der Waals surface area (Å²) in [7, 11) is 0. The first-order chi connectivity index (χ1) is 8.49. The van der Waals surface area contributed by atoms with Crippen molar-refractivity contribution in [3.8, 4) is 5.69 Å². The molecule has 2 rings (SSSR count). The van der Waals surface area contributed by atoms with E-state index in [4.69, 9.17) is 10.2 Å². The first kappa shape index (κ1) is 11.8. The molecular formula is C12H10N2O4. The highest BCUT2D eigenvalue weighted by Gasteiger charge is 2.21. The molecule has 1 aromatic heterocycles. The summed E-state index contributed by atoms with van der Waals surface area (Å²) >= 11 is 0. The third-order valence-corrected chi connectivity index (χ3v) is 2.45. The van der Waals surface area contributed by atoms with Crippen molar-refractivity contribution >= 4 is 11.9 Å². The number of aromatic nitrogens is 2. The molecule has 0 saturated heterocycles. The highest BCUT2D eigenvalue weighted by atomic mass is 16.4. The fraction of sp³-hybridized carbons (Fsp3) is 0.0833. The summed E-state index contributed by atoms with van der Waals surface area (Å²) < 4.78 is 1.24. The van der Waals surface area contributed by atoms with Gasteiger partial charge in [0.25, 0.3) is 0 Å². The topological polar surface area (TPSA) is 92.4 Å². The van der Waals surface area contributed by atoms with Gasteiger partial charge in [0.1, 0.15) is 5.56 Å². The first-order valence-corrected chi connectivity index (χ1v) is 5.12. The predicted octanol–water partition coefficient (Wildman–Crippen LogP) is 1.58. The predicted molar refractivity (Wildman–Crippen MR) is 62.2 cm³/mol. The summed E-state index contributed by atoms with van der Waals surface area (Å²) in [6, 6.07) is 7.13. The normalized spacial score (nSPS) is 10.3. The second-order valence-electron chi connectivity index (χ2n) is 3.78. The quantitative estimate of drug-likeness (QED) is 0.857. The largest absolute Gasteiger partial charge is 0.478 e. The van der Waals surface area contributed by atoms with Crippen LogP contribution in [0.2, 0.25) is 0 Å². The molecule has 0 aliphatic rings. The number of hydrogen-bond acceptors (Lipinski definition) is 3. The zero-order valence-electron chi connectivity index (χ0n) is 9.49. The molecule has 0 fully saturated rings. The molecule has 0 spiro atoms. The highest BCUT2D eigenvalue weighted by Crippen LogP contribution is 2.13. The number of aromatic carboxylic acids is 2. The number of carbonyl (C=O) groups is 2. The molecule has 0 unspecified atom stereocenters. The minimum Gasteiger partial charge on any atom is -0.478 e. The van der Waals surface area contributed by atoms with Crippen LogP contribution in [0.4, 0.5) is 0 Å². The third kappa shape index (κ3) is 2.08. The number of hydrogen-bond donors (Lipinski definition) is 2. The van der Waals surface area contributed by atoms with Crippen LogP contribution in [0.5, 0.6) is 0 Å². The van der Waals surface area contributed by atoms with E-state index in [0.717, 1.165) is 5.56 Å². The van der Waals surface area contributed by atoms with Crippen molar-refractivity contribution < 1.29 is 19.8 Å². The average Bonchev–Trinajstić information content (AvgIpc) is 2.75. The third-order valence-electron chi connectivity index (χ3n) is 2.45. The molecule has 0 bridgehead atoms. The maximum atomic E-state index is 10.9. The van der Waals surface area contributed by atoms with Gasteiger partial charge in [0, 0.05) is 6.20 Å². The van der Waals surface area contributed by atoms with Crippen LogP contribution in [0.3, 0.4) is 0 Å². The van der Waals surface area contributed by atoms with Crippen molar-refractivity contribution in [2.45, 2.75) is 6.92 Å². The zero-order valence-corrected chi connectivity index (χ0v) is 9.49. The summed E-state index contributed by atoms with van der Waals surface area (Å²) in [5.74, 6) is -2.68. The van der Waals surface area contributed by atoms with Crippen molar-refractivity contribution in [1.82, 2.24) is 9.78 Å². The van der Waals surface area contributed by atoms with E-state index in [1.807, 2.05) is 19.1 Å². The van der Waals surface area contributed by atoms with E-state index in [9.17, 15) is 9.59 Å². The molecule has 0 radical (unpaired) electrons. The molecule has 6 nitrogen and oxygen atoms in total. The molecule has 0 saturated carbocycles. The molecular weight excluding hydrogens is 236 g/mol. The van der Waals surface area contributed by atoms with Crippen molar-refractivity contribution in [2.75, 3.05) is 0 Å². The minimum atomic E-state index is -1.36. The van der Waals surface area contributed by atoms with Gasteiger partial charge in [-0.1, -0.05) is 17.7 Å². The van der Waals surface area contributed by atoms with Gasteiger partial charge in [-0.25, -0.2) is 14.3 Å². The van der Waals surface area contributed by atoms with E-state index < -0.39 is 17.6 Å². The van der Waals surface area contributed by atoms with Crippen LogP contribution in [0.15, 0.2) is 30.5 Å². The Morgan fingerprint density at radius 3 is 2.17 bits per heavy atom. The molecule has 1 heterocycles. The van der Waals surface area contributed by atoms with Gasteiger partial charge in [0.05, 0.1) is 5.69 Å². The Kier molecular flexibility index (Phi) is 2.85. The summed E-state index contributed by atoms with van der Waals surface area (Å²) in [5, 5.41) is 21.5. The van der Waals surface area contributed by atoms with E-state index in [1.54, 1.807) is 12.1 Å². The Hall–Kier alpha value is -2.63. The lowest BCUT2D eigenvalue weighted by molar-refractivity contribution is 0.0648. The van der Waals surface area contributed by atoms with Gasteiger partial charge in [0.15, 0.2) is 5.69 Å². The van der Waals surface area contributed by atoms with Crippen LogP contribution in [0, 0.1) is 6.92 Å². The van der Waals surface area contributed by atoms with Crippen LogP contribution in [0.1, 0.15) is 26.4 Å². The minimum absolute atomic E-state index is 0.330. The second kappa shape index (κ2) is 4.33. The highest BCUT2D eigenvalue weighted by molar-refractivity contribution is 6.00. The van der Waals surface area contributed by atoms with E-state index >= 15 is 0 Å². The molecule has 0 aliphatic carbocycles. The summed E-state index contributed by atoms with van der Waals surface area (Å²) in [6.45, 7) is 1.91. The fourth-order valence-corrected chi connectivity index (χ4v) is 1.52. The zero-order chi connectivity index (χ0) is 13.3. The number of aryl methyl sites for hydroxylation is 1. The van der Waals surface area contributed by atoms with Gasteiger partial charge in [0.2, 0.25) is 0 Å². The summed E-state index contributed by atoms with van der Waals surface area (Å²) in [4.78, 5) is 21.8. The van der Waals surface area contributed by atoms with Gasteiger partial charge in [-0.3, -0.25) is 0 Å². The van der Waals surface area contributed by atoms with Gasteiger partial charge >= 0.3 is 11.9 Å². The van der Waals surface area contributed by atoms with E-state index in [-0.39, 0.29) is 5.56 Å². The number of carboxylic acids is 2. The maximum absolute atomic E-state index is 10.9. The van der Waals surface area contributed by atoms with E-state index in [0.29, 0.717) is 5.69 Å². The number of benzene rings is 1. The van der Waals surface area contributed by atoms with Crippen molar-refractivity contribution in [3.05, 3.63) is 47.3 Å². The number of carboxylic acid groups (broad SMARTS) is 2. The number of nitrogens with zero attached hydrogens (tertiary/aromatic N) is 2. The molecule has 0 amide bonds.